The van der Waals surface area contributed by atoms with E-state index in [1.807, 2.05) is 0 Å². The Morgan fingerprint density at radius 2 is 2.05 bits per heavy atom. The highest BCUT2D eigenvalue weighted by molar-refractivity contribution is 7.99. The average Bonchev–Trinajstić information content (AvgIpc) is 2.40. The number of halogens is 2. The van der Waals surface area contributed by atoms with Crippen LogP contribution in [0.15, 0.2) is 18.2 Å². The summed E-state index contributed by atoms with van der Waals surface area (Å²) >= 11 is 13.7. The standard InChI is InChI=1S/C13H19Cl2NO2S/c14-10-2-3-12(15)11(8-10)13(18)9-16-4-7-19-6-1-5-17/h2-3,8,13,16-18H,1,4-7,9H2. The van der Waals surface area contributed by atoms with Crippen LogP contribution in [-0.4, -0.2) is 41.4 Å². The normalized spacial score (nSPS) is 12.6. The van der Waals surface area contributed by atoms with Gasteiger partial charge >= 0.3 is 0 Å². The molecule has 0 saturated heterocycles. The number of hydrogen-bond donors (Lipinski definition) is 3. The van der Waals surface area contributed by atoms with Crippen LogP contribution in [0.5, 0.6) is 0 Å². The number of thioether (sulfide) groups is 1. The van der Waals surface area contributed by atoms with Gasteiger partial charge in [0.1, 0.15) is 0 Å². The Balaban J connectivity index is 2.23. The van der Waals surface area contributed by atoms with Crippen LogP contribution in [0, 0.1) is 0 Å². The fourth-order valence-corrected chi connectivity index (χ4v) is 2.78. The molecule has 19 heavy (non-hydrogen) atoms. The second kappa shape index (κ2) is 9.86. The van der Waals surface area contributed by atoms with Crippen molar-refractivity contribution < 1.29 is 10.2 Å². The molecule has 0 aromatic heterocycles. The van der Waals surface area contributed by atoms with Crippen LogP contribution in [0.2, 0.25) is 10.0 Å². The summed E-state index contributed by atoms with van der Waals surface area (Å²) < 4.78 is 0. The molecule has 0 aliphatic carbocycles. The van der Waals surface area contributed by atoms with Gasteiger partial charge < -0.3 is 15.5 Å². The van der Waals surface area contributed by atoms with Gasteiger partial charge in [-0.25, -0.2) is 0 Å². The summed E-state index contributed by atoms with van der Waals surface area (Å²) in [6, 6.07) is 5.07. The second-order valence-corrected chi connectivity index (χ2v) is 6.14. The van der Waals surface area contributed by atoms with Crippen molar-refractivity contribution in [2.75, 3.05) is 31.2 Å². The summed E-state index contributed by atoms with van der Waals surface area (Å²) in [5, 5.41) is 22.9. The predicted molar refractivity (Wildman–Crippen MR) is 83.3 cm³/mol. The lowest BCUT2D eigenvalue weighted by Gasteiger charge is -2.14. The molecule has 0 bridgehead atoms. The van der Waals surface area contributed by atoms with Crippen LogP contribution in [0.25, 0.3) is 0 Å². The molecule has 0 aliphatic heterocycles. The van der Waals surface area contributed by atoms with Crippen LogP contribution in [0.3, 0.4) is 0 Å². The van der Waals surface area contributed by atoms with Crippen molar-refractivity contribution >= 4 is 35.0 Å². The molecule has 1 aromatic rings. The van der Waals surface area contributed by atoms with E-state index >= 15 is 0 Å². The van der Waals surface area contributed by atoms with Crippen molar-refractivity contribution in [2.45, 2.75) is 12.5 Å². The molecule has 3 N–H and O–H groups in total. The molecule has 1 unspecified atom stereocenters. The first-order chi connectivity index (χ1) is 9.15. The van der Waals surface area contributed by atoms with Crippen molar-refractivity contribution in [1.29, 1.82) is 0 Å². The van der Waals surface area contributed by atoms with Gasteiger partial charge in [0.15, 0.2) is 0 Å². The van der Waals surface area contributed by atoms with Crippen LogP contribution in [-0.2, 0) is 0 Å². The molecule has 0 saturated carbocycles. The molecule has 6 heteroatoms. The molecule has 0 spiro atoms. The molecular formula is C13H19Cl2NO2S. The highest BCUT2D eigenvalue weighted by atomic mass is 35.5. The molecule has 1 atom stereocenters. The zero-order chi connectivity index (χ0) is 14.1. The van der Waals surface area contributed by atoms with E-state index in [0.717, 1.165) is 24.5 Å². The maximum atomic E-state index is 10.0. The summed E-state index contributed by atoms with van der Waals surface area (Å²) in [7, 11) is 0. The highest BCUT2D eigenvalue weighted by Gasteiger charge is 2.11. The van der Waals surface area contributed by atoms with Crippen molar-refractivity contribution in [3.8, 4) is 0 Å². The van der Waals surface area contributed by atoms with E-state index in [2.05, 4.69) is 5.32 Å². The summed E-state index contributed by atoms with van der Waals surface area (Å²) in [5.74, 6) is 1.91. The van der Waals surface area contributed by atoms with Gasteiger partial charge in [0, 0.05) is 41.1 Å². The first kappa shape index (κ1) is 17.1. The van der Waals surface area contributed by atoms with E-state index in [4.69, 9.17) is 28.3 Å². The molecule has 0 radical (unpaired) electrons. The maximum Gasteiger partial charge on any atom is 0.0929 e. The second-order valence-electron chi connectivity index (χ2n) is 4.08. The summed E-state index contributed by atoms with van der Waals surface area (Å²) in [6.07, 6.45) is 0.166. The van der Waals surface area contributed by atoms with Crippen LogP contribution < -0.4 is 5.32 Å². The first-order valence-electron chi connectivity index (χ1n) is 6.17. The van der Waals surface area contributed by atoms with Crippen molar-refractivity contribution in [1.82, 2.24) is 5.32 Å². The van der Waals surface area contributed by atoms with E-state index in [-0.39, 0.29) is 6.61 Å². The Morgan fingerprint density at radius 1 is 1.26 bits per heavy atom. The third-order valence-corrected chi connectivity index (χ3v) is 4.17. The zero-order valence-electron chi connectivity index (χ0n) is 10.6. The molecule has 3 nitrogen and oxygen atoms in total. The fourth-order valence-electron chi connectivity index (χ4n) is 1.53. The summed E-state index contributed by atoms with van der Waals surface area (Å²) in [6.45, 7) is 1.50. The van der Waals surface area contributed by atoms with Gasteiger partial charge in [-0.15, -0.1) is 0 Å². The molecular weight excluding hydrogens is 305 g/mol. The zero-order valence-corrected chi connectivity index (χ0v) is 12.9. The third kappa shape index (κ3) is 6.84. The lowest BCUT2D eigenvalue weighted by atomic mass is 10.1. The summed E-state index contributed by atoms with van der Waals surface area (Å²) in [5.41, 5.74) is 0.648. The van der Waals surface area contributed by atoms with Crippen molar-refractivity contribution in [3.63, 3.8) is 0 Å². The highest BCUT2D eigenvalue weighted by Crippen LogP contribution is 2.25. The van der Waals surface area contributed by atoms with E-state index in [1.54, 1.807) is 30.0 Å². The number of rotatable bonds is 9. The van der Waals surface area contributed by atoms with Crippen LogP contribution in [0.1, 0.15) is 18.1 Å². The average molecular weight is 324 g/mol. The lowest BCUT2D eigenvalue weighted by molar-refractivity contribution is 0.176. The third-order valence-electron chi connectivity index (χ3n) is 2.52. The monoisotopic (exact) mass is 323 g/mol. The Morgan fingerprint density at radius 3 is 2.79 bits per heavy atom. The van der Waals surface area contributed by atoms with Gasteiger partial charge in [0.05, 0.1) is 6.10 Å². The number of nitrogens with one attached hydrogen (secondary N) is 1. The molecule has 0 aliphatic rings. The minimum absolute atomic E-state index is 0.242. The van der Waals surface area contributed by atoms with Gasteiger partial charge in [-0.05, 0) is 30.4 Å². The molecule has 0 heterocycles. The van der Waals surface area contributed by atoms with Crippen LogP contribution >= 0.6 is 35.0 Å². The minimum atomic E-state index is -0.659. The number of aliphatic hydroxyl groups excluding tert-OH is 2. The molecule has 1 aromatic carbocycles. The largest absolute Gasteiger partial charge is 0.396 e. The predicted octanol–water partition coefficient (Wildman–Crippen LogP) is 2.73. The smallest absolute Gasteiger partial charge is 0.0929 e. The van der Waals surface area contributed by atoms with Gasteiger partial charge in [-0.2, -0.15) is 11.8 Å². The number of benzene rings is 1. The van der Waals surface area contributed by atoms with Gasteiger partial charge in [0.25, 0.3) is 0 Å². The quantitative estimate of drug-likeness (QED) is 0.612. The van der Waals surface area contributed by atoms with E-state index in [9.17, 15) is 5.11 Å². The Bertz CT molecular complexity index is 380. The molecule has 108 valence electrons. The van der Waals surface area contributed by atoms with Crippen LogP contribution in [0.4, 0.5) is 0 Å². The summed E-state index contributed by atoms with van der Waals surface area (Å²) in [4.78, 5) is 0. The first-order valence-corrected chi connectivity index (χ1v) is 8.08. The van der Waals surface area contributed by atoms with Crippen molar-refractivity contribution in [2.24, 2.45) is 0 Å². The molecule has 0 amide bonds. The SMILES string of the molecule is OCCCSCCNCC(O)c1cc(Cl)ccc1Cl. The number of aliphatic hydroxyl groups is 2. The van der Waals surface area contributed by atoms with E-state index in [1.165, 1.54) is 0 Å². The molecule has 1 rings (SSSR count). The van der Waals surface area contributed by atoms with E-state index in [0.29, 0.717) is 22.2 Å². The Hall–Kier alpha value is 0.0300. The Labute approximate surface area is 128 Å². The topological polar surface area (TPSA) is 52.5 Å². The Kier molecular flexibility index (Phi) is 8.86. The van der Waals surface area contributed by atoms with Crippen molar-refractivity contribution in [3.05, 3.63) is 33.8 Å². The number of hydrogen-bond acceptors (Lipinski definition) is 4. The minimum Gasteiger partial charge on any atom is -0.396 e. The molecule has 0 fully saturated rings. The maximum absolute atomic E-state index is 10.0. The van der Waals surface area contributed by atoms with Gasteiger partial charge in [0.2, 0.25) is 0 Å². The van der Waals surface area contributed by atoms with Gasteiger partial charge in [-0.3, -0.25) is 0 Å². The van der Waals surface area contributed by atoms with E-state index < -0.39 is 6.10 Å². The lowest BCUT2D eigenvalue weighted by Crippen LogP contribution is -2.24. The fraction of sp³-hybridized carbons (Fsp3) is 0.538. The van der Waals surface area contributed by atoms with Gasteiger partial charge in [-0.1, -0.05) is 23.2 Å².